The highest BCUT2D eigenvalue weighted by Gasteiger charge is 2.15. The first-order valence-corrected chi connectivity index (χ1v) is 8.08. The van der Waals surface area contributed by atoms with Gasteiger partial charge >= 0.3 is 0 Å². The average Bonchev–Trinajstić information content (AvgIpc) is 2.59. The van der Waals surface area contributed by atoms with Crippen molar-refractivity contribution in [2.45, 2.75) is 6.10 Å². The van der Waals surface area contributed by atoms with E-state index in [1.54, 1.807) is 18.2 Å². The van der Waals surface area contributed by atoms with Crippen LogP contribution >= 0.6 is 23.2 Å². The fraction of sp³-hybridized carbons (Fsp3) is 0.235. The number of ether oxygens (including phenoxy) is 1. The molecule has 0 aliphatic carbocycles. The first kappa shape index (κ1) is 16.3. The molecule has 0 aromatic heterocycles. The lowest BCUT2D eigenvalue weighted by molar-refractivity contribution is 0.0277. The van der Waals surface area contributed by atoms with Crippen LogP contribution in [0.4, 0.5) is 5.69 Å². The van der Waals surface area contributed by atoms with Gasteiger partial charge in [0.15, 0.2) is 0 Å². The smallest absolute Gasteiger partial charge is 0.255 e. The molecule has 0 bridgehead atoms. The number of carbonyl (C=O) groups is 1. The van der Waals surface area contributed by atoms with Gasteiger partial charge in [-0.3, -0.25) is 4.79 Å². The van der Waals surface area contributed by atoms with Crippen molar-refractivity contribution in [2.75, 3.05) is 25.0 Å². The largest absolute Gasteiger partial charge is 0.371 e. The van der Waals surface area contributed by atoms with Crippen molar-refractivity contribution < 1.29 is 9.53 Å². The van der Waals surface area contributed by atoms with Crippen LogP contribution in [0.1, 0.15) is 22.0 Å². The number of morpholine rings is 1. The molecule has 1 heterocycles. The molecule has 0 spiro atoms. The Kier molecular flexibility index (Phi) is 5.18. The number of benzene rings is 2. The molecule has 1 atom stereocenters. The molecular weight excluding hydrogens is 335 g/mol. The number of amides is 1. The molecule has 1 fully saturated rings. The van der Waals surface area contributed by atoms with E-state index in [0.717, 1.165) is 18.7 Å². The Hall–Kier alpha value is -1.59. The summed E-state index contributed by atoms with van der Waals surface area (Å²) in [5.74, 6) is -0.230. The second-order valence-corrected chi connectivity index (χ2v) is 6.08. The lowest BCUT2D eigenvalue weighted by Gasteiger charge is -2.24. The van der Waals surface area contributed by atoms with Crippen LogP contribution in [0.15, 0.2) is 42.5 Å². The van der Waals surface area contributed by atoms with Gasteiger partial charge in [0.05, 0.1) is 22.8 Å². The van der Waals surface area contributed by atoms with Gasteiger partial charge in [-0.05, 0) is 35.9 Å². The maximum Gasteiger partial charge on any atom is 0.255 e. The monoisotopic (exact) mass is 350 g/mol. The Morgan fingerprint density at radius 2 is 1.91 bits per heavy atom. The average molecular weight is 351 g/mol. The number of rotatable bonds is 3. The van der Waals surface area contributed by atoms with E-state index in [9.17, 15) is 4.79 Å². The number of anilines is 1. The Morgan fingerprint density at radius 1 is 1.13 bits per heavy atom. The summed E-state index contributed by atoms with van der Waals surface area (Å²) in [6.45, 7) is 2.39. The van der Waals surface area contributed by atoms with Crippen LogP contribution in [0.5, 0.6) is 0 Å². The van der Waals surface area contributed by atoms with Crippen molar-refractivity contribution in [2.24, 2.45) is 0 Å². The van der Waals surface area contributed by atoms with Crippen LogP contribution in [0.3, 0.4) is 0 Å². The van der Waals surface area contributed by atoms with Gasteiger partial charge in [-0.25, -0.2) is 0 Å². The third-order valence-corrected chi connectivity index (χ3v) is 4.39. The molecule has 3 rings (SSSR count). The number of hydrogen-bond donors (Lipinski definition) is 2. The molecule has 0 saturated carbocycles. The molecule has 2 N–H and O–H groups in total. The minimum absolute atomic E-state index is 0.0589. The summed E-state index contributed by atoms with van der Waals surface area (Å²) in [6, 6.07) is 12.4. The molecule has 2 aromatic carbocycles. The zero-order valence-corrected chi connectivity index (χ0v) is 13.8. The van der Waals surface area contributed by atoms with Gasteiger partial charge in [-0.1, -0.05) is 35.3 Å². The highest BCUT2D eigenvalue weighted by Crippen LogP contribution is 2.24. The molecule has 1 amide bonds. The van der Waals surface area contributed by atoms with Crippen LogP contribution in [0.2, 0.25) is 10.0 Å². The number of halogens is 2. The molecule has 23 heavy (non-hydrogen) atoms. The zero-order valence-electron chi connectivity index (χ0n) is 12.3. The lowest BCUT2D eigenvalue weighted by Crippen LogP contribution is -2.33. The Balaban J connectivity index is 1.67. The van der Waals surface area contributed by atoms with E-state index in [4.69, 9.17) is 27.9 Å². The van der Waals surface area contributed by atoms with Crippen LogP contribution < -0.4 is 10.6 Å². The predicted molar refractivity (Wildman–Crippen MR) is 92.4 cm³/mol. The van der Waals surface area contributed by atoms with Crippen molar-refractivity contribution in [1.82, 2.24) is 5.32 Å². The summed E-state index contributed by atoms with van der Waals surface area (Å²) >= 11 is 11.8. The van der Waals surface area contributed by atoms with E-state index in [-0.39, 0.29) is 12.0 Å². The maximum absolute atomic E-state index is 12.2. The van der Waals surface area contributed by atoms with E-state index >= 15 is 0 Å². The molecule has 4 nitrogen and oxygen atoms in total. The van der Waals surface area contributed by atoms with Crippen molar-refractivity contribution in [1.29, 1.82) is 0 Å². The molecule has 2 aromatic rings. The van der Waals surface area contributed by atoms with Gasteiger partial charge in [0, 0.05) is 24.3 Å². The summed E-state index contributed by atoms with van der Waals surface area (Å²) in [4.78, 5) is 12.2. The van der Waals surface area contributed by atoms with E-state index in [0.29, 0.717) is 27.9 Å². The first-order valence-electron chi connectivity index (χ1n) is 7.32. The Labute approximate surface area is 144 Å². The second-order valence-electron chi connectivity index (χ2n) is 5.27. The number of nitrogens with one attached hydrogen (secondary N) is 2. The van der Waals surface area contributed by atoms with Crippen molar-refractivity contribution >= 4 is 34.8 Å². The molecule has 120 valence electrons. The maximum atomic E-state index is 12.2. The molecule has 1 aliphatic heterocycles. The van der Waals surface area contributed by atoms with E-state index < -0.39 is 0 Å². The van der Waals surface area contributed by atoms with Gasteiger partial charge in [0.2, 0.25) is 0 Å². The van der Waals surface area contributed by atoms with Crippen LogP contribution in [-0.4, -0.2) is 25.6 Å². The molecule has 0 unspecified atom stereocenters. The summed E-state index contributed by atoms with van der Waals surface area (Å²) in [5.41, 5.74) is 2.27. The Morgan fingerprint density at radius 3 is 2.57 bits per heavy atom. The summed E-state index contributed by atoms with van der Waals surface area (Å²) in [5, 5.41) is 6.91. The van der Waals surface area contributed by atoms with Crippen LogP contribution in [0, 0.1) is 0 Å². The SMILES string of the molecule is O=C(Nc1ccc([C@@H]2CNCCO2)cc1)c1ccc(Cl)c(Cl)c1. The predicted octanol–water partition coefficient (Wildman–Crippen LogP) is 3.91. The Bertz CT molecular complexity index is 698. The first-order chi connectivity index (χ1) is 11.1. The summed E-state index contributed by atoms with van der Waals surface area (Å²) in [7, 11) is 0. The minimum atomic E-state index is -0.230. The molecule has 6 heteroatoms. The summed E-state index contributed by atoms with van der Waals surface area (Å²) < 4.78 is 5.70. The third kappa shape index (κ3) is 4.03. The van der Waals surface area contributed by atoms with Crippen molar-refractivity contribution in [3.05, 3.63) is 63.6 Å². The molecule has 1 saturated heterocycles. The minimum Gasteiger partial charge on any atom is -0.371 e. The number of carbonyl (C=O) groups excluding carboxylic acids is 1. The molecule has 0 radical (unpaired) electrons. The normalized spacial score (nSPS) is 17.7. The van der Waals surface area contributed by atoms with E-state index in [1.165, 1.54) is 0 Å². The van der Waals surface area contributed by atoms with Crippen LogP contribution in [-0.2, 0) is 4.74 Å². The van der Waals surface area contributed by atoms with E-state index in [1.807, 2.05) is 24.3 Å². The number of hydrogen-bond acceptors (Lipinski definition) is 3. The van der Waals surface area contributed by atoms with Gasteiger partial charge in [0.1, 0.15) is 0 Å². The lowest BCUT2D eigenvalue weighted by atomic mass is 10.1. The molecular formula is C17H16Cl2N2O2. The quantitative estimate of drug-likeness (QED) is 0.882. The van der Waals surface area contributed by atoms with Gasteiger partial charge < -0.3 is 15.4 Å². The fourth-order valence-electron chi connectivity index (χ4n) is 2.40. The second kappa shape index (κ2) is 7.32. The third-order valence-electron chi connectivity index (χ3n) is 3.65. The van der Waals surface area contributed by atoms with Crippen molar-refractivity contribution in [3.8, 4) is 0 Å². The summed E-state index contributed by atoms with van der Waals surface area (Å²) in [6.07, 6.45) is 0.0589. The highest BCUT2D eigenvalue weighted by atomic mass is 35.5. The van der Waals surface area contributed by atoms with E-state index in [2.05, 4.69) is 10.6 Å². The zero-order chi connectivity index (χ0) is 16.2. The van der Waals surface area contributed by atoms with Gasteiger partial charge in [-0.15, -0.1) is 0 Å². The van der Waals surface area contributed by atoms with Gasteiger partial charge in [-0.2, -0.15) is 0 Å². The highest BCUT2D eigenvalue weighted by molar-refractivity contribution is 6.42. The van der Waals surface area contributed by atoms with Crippen molar-refractivity contribution in [3.63, 3.8) is 0 Å². The molecule has 1 aliphatic rings. The fourth-order valence-corrected chi connectivity index (χ4v) is 2.70. The standard InChI is InChI=1S/C17H16Cl2N2O2/c18-14-6-3-12(9-15(14)19)17(22)21-13-4-1-11(2-5-13)16-10-20-7-8-23-16/h1-6,9,16,20H,7-8,10H2,(H,21,22)/t16-/m0/s1. The van der Waals surface area contributed by atoms with Crippen LogP contribution in [0.25, 0.3) is 0 Å². The van der Waals surface area contributed by atoms with Gasteiger partial charge in [0.25, 0.3) is 5.91 Å². The topological polar surface area (TPSA) is 50.4 Å².